The van der Waals surface area contributed by atoms with Crippen LogP contribution in [0.25, 0.3) is 10.9 Å². The molecule has 1 aromatic heterocycles. The quantitative estimate of drug-likeness (QED) is 0.744. The number of rotatable bonds is 1. The summed E-state index contributed by atoms with van der Waals surface area (Å²) in [6.45, 7) is 3.54. The highest BCUT2D eigenvalue weighted by Gasteiger charge is 2.14. The zero-order valence-corrected chi connectivity index (χ0v) is 8.87. The van der Waals surface area contributed by atoms with E-state index in [1.807, 2.05) is 0 Å². The number of hydrogen-bond acceptors (Lipinski definition) is 2. The molecule has 0 atom stereocenters. The summed E-state index contributed by atoms with van der Waals surface area (Å²) in [6.07, 6.45) is 1.34. The van der Waals surface area contributed by atoms with E-state index in [1.54, 1.807) is 13.8 Å². The molecule has 0 fully saturated rings. The van der Waals surface area contributed by atoms with E-state index in [4.69, 9.17) is 0 Å². The molecule has 0 bridgehead atoms. The molecule has 5 heteroatoms. The van der Waals surface area contributed by atoms with Crippen molar-refractivity contribution in [3.63, 3.8) is 0 Å². The van der Waals surface area contributed by atoms with Gasteiger partial charge < -0.3 is 0 Å². The lowest BCUT2D eigenvalue weighted by atomic mass is 10.2. The maximum atomic E-state index is 13.5. The van der Waals surface area contributed by atoms with Crippen LogP contribution in [0.15, 0.2) is 23.3 Å². The van der Waals surface area contributed by atoms with Gasteiger partial charge in [0.05, 0.1) is 11.8 Å². The molecule has 0 radical (unpaired) electrons. The first kappa shape index (κ1) is 10.7. The van der Waals surface area contributed by atoms with Gasteiger partial charge in [0.25, 0.3) is 5.56 Å². The van der Waals surface area contributed by atoms with Crippen LogP contribution in [0.3, 0.4) is 0 Å². The van der Waals surface area contributed by atoms with E-state index < -0.39 is 17.2 Å². The van der Waals surface area contributed by atoms with Gasteiger partial charge in [-0.1, -0.05) is 0 Å². The number of halogens is 2. The summed E-state index contributed by atoms with van der Waals surface area (Å²) in [5.41, 5.74) is -0.391. The smallest absolute Gasteiger partial charge is 0.264 e. The maximum absolute atomic E-state index is 13.5. The van der Waals surface area contributed by atoms with Crippen molar-refractivity contribution in [2.24, 2.45) is 0 Å². The van der Waals surface area contributed by atoms with Crippen molar-refractivity contribution in [3.05, 3.63) is 40.4 Å². The molecule has 1 aromatic carbocycles. The summed E-state index contributed by atoms with van der Waals surface area (Å²) in [4.78, 5) is 15.8. The standard InChI is InChI=1S/C11H10F2N2O/c1-6(2)15-5-14-8-4-3-7(12)10(13)9(8)11(15)16/h3-6H,1-2H3. The van der Waals surface area contributed by atoms with Gasteiger partial charge in [0, 0.05) is 6.04 Å². The van der Waals surface area contributed by atoms with Crippen LogP contribution in [0.2, 0.25) is 0 Å². The maximum Gasteiger partial charge on any atom is 0.264 e. The SMILES string of the molecule is CC(C)n1cnc2ccc(F)c(F)c2c1=O. The zero-order chi connectivity index (χ0) is 11.9. The number of aromatic nitrogens is 2. The largest absolute Gasteiger partial charge is 0.296 e. The Morgan fingerprint density at radius 3 is 2.62 bits per heavy atom. The summed E-state index contributed by atoms with van der Waals surface area (Å²) in [5, 5.41) is -0.295. The predicted molar refractivity (Wildman–Crippen MR) is 56.3 cm³/mol. The predicted octanol–water partition coefficient (Wildman–Crippen LogP) is 2.26. The molecule has 2 rings (SSSR count). The average molecular weight is 224 g/mol. The van der Waals surface area contributed by atoms with Gasteiger partial charge in [-0.2, -0.15) is 0 Å². The van der Waals surface area contributed by atoms with Gasteiger partial charge in [-0.05, 0) is 26.0 Å². The monoisotopic (exact) mass is 224 g/mol. The molecule has 0 aliphatic carbocycles. The highest BCUT2D eigenvalue weighted by atomic mass is 19.2. The van der Waals surface area contributed by atoms with E-state index >= 15 is 0 Å². The van der Waals surface area contributed by atoms with E-state index in [0.717, 1.165) is 6.07 Å². The summed E-state index contributed by atoms with van der Waals surface area (Å²) < 4.78 is 27.8. The van der Waals surface area contributed by atoms with Crippen molar-refractivity contribution in [3.8, 4) is 0 Å². The van der Waals surface area contributed by atoms with Crippen molar-refractivity contribution in [2.75, 3.05) is 0 Å². The minimum atomic E-state index is -1.13. The van der Waals surface area contributed by atoms with E-state index in [9.17, 15) is 13.6 Å². The minimum absolute atomic E-state index is 0.146. The van der Waals surface area contributed by atoms with Crippen LogP contribution >= 0.6 is 0 Å². The zero-order valence-electron chi connectivity index (χ0n) is 8.87. The molecular formula is C11H10F2N2O. The highest BCUT2D eigenvalue weighted by Crippen LogP contribution is 2.15. The third-order valence-electron chi connectivity index (χ3n) is 2.40. The van der Waals surface area contributed by atoms with Gasteiger partial charge in [0.2, 0.25) is 0 Å². The Kier molecular flexibility index (Phi) is 2.46. The van der Waals surface area contributed by atoms with Gasteiger partial charge in [0.15, 0.2) is 11.6 Å². The van der Waals surface area contributed by atoms with Crippen molar-refractivity contribution in [1.29, 1.82) is 0 Å². The van der Waals surface area contributed by atoms with Crippen LogP contribution < -0.4 is 5.56 Å². The van der Waals surface area contributed by atoms with Crippen molar-refractivity contribution >= 4 is 10.9 Å². The van der Waals surface area contributed by atoms with Crippen molar-refractivity contribution < 1.29 is 8.78 Å². The molecule has 3 nitrogen and oxygen atoms in total. The molecule has 1 heterocycles. The van der Waals surface area contributed by atoms with E-state index in [2.05, 4.69) is 4.98 Å². The van der Waals surface area contributed by atoms with Crippen molar-refractivity contribution in [2.45, 2.75) is 19.9 Å². The summed E-state index contributed by atoms with van der Waals surface area (Å²) in [6, 6.07) is 2.11. The Hall–Kier alpha value is -1.78. The topological polar surface area (TPSA) is 34.9 Å². The van der Waals surface area contributed by atoms with Crippen LogP contribution in [-0.4, -0.2) is 9.55 Å². The lowest BCUT2D eigenvalue weighted by Gasteiger charge is -2.09. The lowest BCUT2D eigenvalue weighted by Crippen LogP contribution is -2.23. The van der Waals surface area contributed by atoms with Gasteiger partial charge in [-0.15, -0.1) is 0 Å². The molecule has 0 spiro atoms. The van der Waals surface area contributed by atoms with Gasteiger partial charge in [-0.25, -0.2) is 13.8 Å². The number of fused-ring (bicyclic) bond motifs is 1. The Bertz CT molecular complexity index is 605. The minimum Gasteiger partial charge on any atom is -0.296 e. The molecule has 2 aromatic rings. The highest BCUT2D eigenvalue weighted by molar-refractivity contribution is 5.78. The summed E-state index contributed by atoms with van der Waals surface area (Å²) in [5.74, 6) is -2.17. The van der Waals surface area contributed by atoms with Crippen LogP contribution in [-0.2, 0) is 0 Å². The Labute approximate surface area is 90.3 Å². The normalized spacial score (nSPS) is 11.3. The molecule has 16 heavy (non-hydrogen) atoms. The molecule has 0 saturated heterocycles. The summed E-state index contributed by atoms with van der Waals surface area (Å²) >= 11 is 0. The number of benzene rings is 1. The van der Waals surface area contributed by atoms with E-state index in [1.165, 1.54) is 17.0 Å². The lowest BCUT2D eigenvalue weighted by molar-refractivity contribution is 0.512. The fourth-order valence-corrected chi connectivity index (χ4v) is 1.53. The molecule has 0 unspecified atom stereocenters. The Balaban J connectivity index is 2.93. The number of hydrogen-bond donors (Lipinski definition) is 0. The van der Waals surface area contributed by atoms with Gasteiger partial charge >= 0.3 is 0 Å². The fourth-order valence-electron chi connectivity index (χ4n) is 1.53. The molecule has 0 amide bonds. The molecule has 0 saturated carbocycles. The molecule has 0 aliphatic heterocycles. The molecule has 0 aliphatic rings. The van der Waals surface area contributed by atoms with Gasteiger partial charge in [0.1, 0.15) is 5.39 Å². The third-order valence-corrected chi connectivity index (χ3v) is 2.40. The second kappa shape index (κ2) is 3.66. The van der Waals surface area contributed by atoms with Crippen LogP contribution in [0, 0.1) is 11.6 Å². The van der Waals surface area contributed by atoms with E-state index in [-0.39, 0.29) is 16.9 Å². The fraction of sp³-hybridized carbons (Fsp3) is 0.273. The second-order valence-corrected chi connectivity index (χ2v) is 3.81. The van der Waals surface area contributed by atoms with Crippen LogP contribution in [0.4, 0.5) is 8.78 Å². The van der Waals surface area contributed by atoms with Crippen molar-refractivity contribution in [1.82, 2.24) is 9.55 Å². The van der Waals surface area contributed by atoms with Gasteiger partial charge in [-0.3, -0.25) is 9.36 Å². The molecule has 0 N–H and O–H groups in total. The first-order valence-electron chi connectivity index (χ1n) is 4.87. The average Bonchev–Trinajstić information content (AvgIpc) is 2.23. The van der Waals surface area contributed by atoms with Crippen LogP contribution in [0.1, 0.15) is 19.9 Å². The second-order valence-electron chi connectivity index (χ2n) is 3.81. The molecule has 84 valence electrons. The van der Waals surface area contributed by atoms with E-state index in [0.29, 0.717) is 0 Å². The summed E-state index contributed by atoms with van der Waals surface area (Å²) in [7, 11) is 0. The number of nitrogens with zero attached hydrogens (tertiary/aromatic N) is 2. The molecular weight excluding hydrogens is 214 g/mol. The third kappa shape index (κ3) is 1.48. The Morgan fingerprint density at radius 2 is 2.00 bits per heavy atom. The Morgan fingerprint density at radius 1 is 1.31 bits per heavy atom. The van der Waals surface area contributed by atoms with Crippen LogP contribution in [0.5, 0.6) is 0 Å². The first-order valence-corrected chi connectivity index (χ1v) is 4.87. The first-order chi connectivity index (χ1) is 7.52.